The number of hydrogen-bond acceptors (Lipinski definition) is 6. The molecule has 200 valence electrons. The first-order valence-corrected chi connectivity index (χ1v) is 12.8. The van der Waals surface area contributed by atoms with Crippen LogP contribution in [0, 0.1) is 5.92 Å². The first-order valence-electron chi connectivity index (χ1n) is 12.8. The Morgan fingerprint density at radius 3 is 2.38 bits per heavy atom. The molecule has 0 aliphatic carbocycles. The molecule has 9 nitrogen and oxygen atoms in total. The zero-order valence-corrected chi connectivity index (χ0v) is 22.2. The van der Waals surface area contributed by atoms with Gasteiger partial charge in [-0.05, 0) is 61.5 Å². The summed E-state index contributed by atoms with van der Waals surface area (Å²) in [5, 5.41) is 5.80. The molecule has 0 spiro atoms. The predicted molar refractivity (Wildman–Crippen MR) is 143 cm³/mol. The number of amides is 3. The van der Waals surface area contributed by atoms with Crippen LogP contribution in [0.15, 0.2) is 42.5 Å². The van der Waals surface area contributed by atoms with Gasteiger partial charge in [-0.1, -0.05) is 19.9 Å². The summed E-state index contributed by atoms with van der Waals surface area (Å²) in [6, 6.07) is 12.5. The SMILES string of the molecule is CCN(CC)CCNC(=O)c1ccc(NC(=O)[C@H]2CC(=O)N(CCc3ccc(OC)c(OC)c3)C2)cc1. The highest BCUT2D eigenvalue weighted by molar-refractivity contribution is 5.98. The number of rotatable bonds is 13. The first kappa shape index (κ1) is 28.0. The fourth-order valence-electron chi connectivity index (χ4n) is 4.38. The lowest BCUT2D eigenvalue weighted by atomic mass is 10.1. The standard InChI is InChI=1S/C28H38N4O5/c1-5-31(6-2)16-14-29-27(34)21-8-10-23(11-9-21)30-28(35)22-18-26(33)32(19-22)15-13-20-7-12-24(36-3)25(17-20)37-4/h7-12,17,22H,5-6,13-16,18-19H2,1-4H3,(H,29,34)(H,30,35)/t22-/m0/s1. The highest BCUT2D eigenvalue weighted by Crippen LogP contribution is 2.28. The van der Waals surface area contributed by atoms with Gasteiger partial charge < -0.3 is 29.9 Å². The zero-order chi connectivity index (χ0) is 26.8. The van der Waals surface area contributed by atoms with E-state index in [1.165, 1.54) is 0 Å². The third-order valence-electron chi connectivity index (χ3n) is 6.73. The molecule has 37 heavy (non-hydrogen) atoms. The Kier molecular flexibility index (Phi) is 10.3. The van der Waals surface area contributed by atoms with Crippen LogP contribution >= 0.6 is 0 Å². The third-order valence-corrected chi connectivity index (χ3v) is 6.73. The Hall–Kier alpha value is -3.59. The van der Waals surface area contributed by atoms with Crippen LogP contribution in [-0.4, -0.2) is 81.0 Å². The Labute approximate surface area is 219 Å². The molecule has 1 saturated heterocycles. The Bertz CT molecular complexity index is 1070. The number of carbonyl (C=O) groups excluding carboxylic acids is 3. The fraction of sp³-hybridized carbons (Fsp3) is 0.464. The van der Waals surface area contributed by atoms with Gasteiger partial charge in [0.25, 0.3) is 5.91 Å². The average Bonchev–Trinajstić information content (AvgIpc) is 3.30. The molecule has 0 aromatic heterocycles. The minimum atomic E-state index is -0.416. The monoisotopic (exact) mass is 510 g/mol. The number of likely N-dealkylation sites (N-methyl/N-ethyl adjacent to an activating group) is 1. The van der Waals surface area contributed by atoms with Crippen molar-refractivity contribution in [3.63, 3.8) is 0 Å². The molecule has 0 unspecified atom stereocenters. The van der Waals surface area contributed by atoms with Gasteiger partial charge in [0.1, 0.15) is 0 Å². The van der Waals surface area contributed by atoms with Crippen LogP contribution in [0.5, 0.6) is 11.5 Å². The number of nitrogens with one attached hydrogen (secondary N) is 2. The normalized spacial score (nSPS) is 15.1. The van der Waals surface area contributed by atoms with Crippen molar-refractivity contribution in [2.75, 3.05) is 58.8 Å². The number of hydrogen-bond donors (Lipinski definition) is 2. The Balaban J connectivity index is 1.47. The summed E-state index contributed by atoms with van der Waals surface area (Å²) in [7, 11) is 3.18. The van der Waals surface area contributed by atoms with E-state index >= 15 is 0 Å². The molecule has 1 atom stereocenters. The van der Waals surface area contributed by atoms with Crippen LogP contribution in [0.25, 0.3) is 0 Å². The topological polar surface area (TPSA) is 100 Å². The van der Waals surface area contributed by atoms with Gasteiger partial charge in [-0.3, -0.25) is 14.4 Å². The number of carbonyl (C=O) groups is 3. The van der Waals surface area contributed by atoms with E-state index in [4.69, 9.17) is 9.47 Å². The lowest BCUT2D eigenvalue weighted by molar-refractivity contribution is -0.128. The van der Waals surface area contributed by atoms with Crippen LogP contribution < -0.4 is 20.1 Å². The number of ether oxygens (including phenoxy) is 2. The van der Waals surface area contributed by atoms with E-state index in [2.05, 4.69) is 29.4 Å². The molecule has 1 aliphatic heterocycles. The molecule has 0 bridgehead atoms. The van der Waals surface area contributed by atoms with Crippen LogP contribution in [0.4, 0.5) is 5.69 Å². The highest BCUT2D eigenvalue weighted by atomic mass is 16.5. The number of benzene rings is 2. The average molecular weight is 511 g/mol. The van der Waals surface area contributed by atoms with Crippen molar-refractivity contribution < 1.29 is 23.9 Å². The van der Waals surface area contributed by atoms with E-state index in [0.717, 1.165) is 25.2 Å². The second-order valence-electron chi connectivity index (χ2n) is 9.03. The van der Waals surface area contributed by atoms with Crippen molar-refractivity contribution in [1.82, 2.24) is 15.1 Å². The summed E-state index contributed by atoms with van der Waals surface area (Å²) in [6.07, 6.45) is 0.837. The van der Waals surface area contributed by atoms with Crippen molar-refractivity contribution in [2.24, 2.45) is 5.92 Å². The fourth-order valence-corrected chi connectivity index (χ4v) is 4.38. The van der Waals surface area contributed by atoms with E-state index in [9.17, 15) is 14.4 Å². The van der Waals surface area contributed by atoms with Crippen molar-refractivity contribution in [2.45, 2.75) is 26.7 Å². The third kappa shape index (κ3) is 7.69. The summed E-state index contributed by atoms with van der Waals surface area (Å²) >= 11 is 0. The molecule has 0 radical (unpaired) electrons. The predicted octanol–water partition coefficient (Wildman–Crippen LogP) is 2.81. The minimum absolute atomic E-state index is 0.0302. The van der Waals surface area contributed by atoms with Gasteiger partial charge in [-0.25, -0.2) is 0 Å². The lowest BCUT2D eigenvalue weighted by Crippen LogP contribution is -2.34. The van der Waals surface area contributed by atoms with Crippen molar-refractivity contribution in [1.29, 1.82) is 0 Å². The smallest absolute Gasteiger partial charge is 0.251 e. The van der Waals surface area contributed by atoms with E-state index in [1.807, 2.05) is 18.2 Å². The molecule has 9 heteroatoms. The van der Waals surface area contributed by atoms with Crippen molar-refractivity contribution in [3.8, 4) is 11.5 Å². The van der Waals surface area contributed by atoms with Gasteiger partial charge in [0, 0.05) is 43.9 Å². The number of likely N-dealkylation sites (tertiary alicyclic amines) is 1. The summed E-state index contributed by atoms with van der Waals surface area (Å²) in [5.74, 6) is 0.519. The van der Waals surface area contributed by atoms with Crippen molar-refractivity contribution >= 4 is 23.4 Å². The second-order valence-corrected chi connectivity index (χ2v) is 9.03. The summed E-state index contributed by atoms with van der Waals surface area (Å²) in [6.45, 7) is 8.37. The molecule has 2 N–H and O–H groups in total. The van der Waals surface area contributed by atoms with Crippen LogP contribution in [0.3, 0.4) is 0 Å². The molecule has 2 aromatic rings. The number of nitrogens with zero attached hydrogens (tertiary/aromatic N) is 2. The summed E-state index contributed by atoms with van der Waals surface area (Å²) < 4.78 is 10.6. The summed E-state index contributed by atoms with van der Waals surface area (Å²) in [4.78, 5) is 41.7. The Morgan fingerprint density at radius 2 is 1.73 bits per heavy atom. The van der Waals surface area contributed by atoms with Crippen LogP contribution in [0.2, 0.25) is 0 Å². The number of anilines is 1. The first-order chi connectivity index (χ1) is 17.9. The van der Waals surface area contributed by atoms with Gasteiger partial charge in [0.2, 0.25) is 11.8 Å². The van der Waals surface area contributed by atoms with E-state index < -0.39 is 5.92 Å². The van der Waals surface area contributed by atoms with Crippen LogP contribution in [-0.2, 0) is 16.0 Å². The largest absolute Gasteiger partial charge is 0.493 e. The molecule has 2 aromatic carbocycles. The molecular weight excluding hydrogens is 472 g/mol. The maximum atomic E-state index is 12.8. The van der Waals surface area contributed by atoms with Gasteiger partial charge in [-0.2, -0.15) is 0 Å². The quantitative estimate of drug-likeness (QED) is 0.430. The van der Waals surface area contributed by atoms with Gasteiger partial charge in [0.15, 0.2) is 11.5 Å². The zero-order valence-electron chi connectivity index (χ0n) is 22.2. The molecule has 3 rings (SSSR count). The van der Waals surface area contributed by atoms with E-state index in [0.29, 0.717) is 48.8 Å². The van der Waals surface area contributed by atoms with E-state index in [-0.39, 0.29) is 24.1 Å². The molecule has 3 amide bonds. The molecule has 0 saturated carbocycles. The molecule has 1 fully saturated rings. The molecular formula is C28H38N4O5. The molecule has 1 aliphatic rings. The van der Waals surface area contributed by atoms with E-state index in [1.54, 1.807) is 43.4 Å². The minimum Gasteiger partial charge on any atom is -0.493 e. The highest BCUT2D eigenvalue weighted by Gasteiger charge is 2.34. The van der Waals surface area contributed by atoms with Gasteiger partial charge in [0.05, 0.1) is 20.1 Å². The van der Waals surface area contributed by atoms with Gasteiger partial charge in [-0.15, -0.1) is 0 Å². The maximum absolute atomic E-state index is 12.8. The lowest BCUT2D eigenvalue weighted by Gasteiger charge is -2.18. The molecule has 1 heterocycles. The maximum Gasteiger partial charge on any atom is 0.251 e. The number of methoxy groups -OCH3 is 2. The van der Waals surface area contributed by atoms with Gasteiger partial charge >= 0.3 is 0 Å². The van der Waals surface area contributed by atoms with Crippen molar-refractivity contribution in [3.05, 3.63) is 53.6 Å². The Morgan fingerprint density at radius 1 is 1.03 bits per heavy atom. The second kappa shape index (κ2) is 13.6. The van der Waals surface area contributed by atoms with Crippen LogP contribution in [0.1, 0.15) is 36.2 Å². The summed E-state index contributed by atoms with van der Waals surface area (Å²) in [5.41, 5.74) is 2.16.